The second kappa shape index (κ2) is 6.75. The molecule has 1 rings (SSSR count). The molecule has 0 spiro atoms. The number of hydrogen-bond donors (Lipinski definition) is 1. The van der Waals surface area contributed by atoms with E-state index in [2.05, 4.69) is 9.97 Å². The van der Waals surface area contributed by atoms with Crippen molar-refractivity contribution in [3.63, 3.8) is 0 Å². The second-order valence-electron chi connectivity index (χ2n) is 4.02. The zero-order valence-corrected chi connectivity index (χ0v) is 10.8. The van der Waals surface area contributed by atoms with Crippen LogP contribution in [0.4, 0.5) is 5.95 Å². The van der Waals surface area contributed by atoms with Crippen molar-refractivity contribution in [1.29, 1.82) is 0 Å². The van der Waals surface area contributed by atoms with Gasteiger partial charge in [0.2, 0.25) is 11.8 Å². The summed E-state index contributed by atoms with van der Waals surface area (Å²) >= 11 is 0. The Kier molecular flexibility index (Phi) is 5.31. The zero-order chi connectivity index (χ0) is 13.5. The first-order valence-corrected chi connectivity index (χ1v) is 5.51. The SMILES string of the molecule is COc1ccnc(N(CCN(C)C)CC(=O)O)n1. The average molecular weight is 254 g/mol. The van der Waals surface area contributed by atoms with Crippen molar-refractivity contribution in [1.82, 2.24) is 14.9 Å². The summed E-state index contributed by atoms with van der Waals surface area (Å²) < 4.78 is 5.00. The Morgan fingerprint density at radius 1 is 1.44 bits per heavy atom. The molecule has 0 aromatic carbocycles. The summed E-state index contributed by atoms with van der Waals surface area (Å²) in [4.78, 5) is 22.6. The van der Waals surface area contributed by atoms with E-state index in [4.69, 9.17) is 9.84 Å². The number of nitrogens with zero attached hydrogens (tertiary/aromatic N) is 4. The van der Waals surface area contributed by atoms with Gasteiger partial charge in [0.1, 0.15) is 6.54 Å². The molecule has 0 aliphatic rings. The van der Waals surface area contributed by atoms with Gasteiger partial charge >= 0.3 is 5.97 Å². The molecular weight excluding hydrogens is 236 g/mol. The topological polar surface area (TPSA) is 78.8 Å². The first-order chi connectivity index (χ1) is 8.52. The number of aliphatic carboxylic acids is 1. The quantitative estimate of drug-likeness (QED) is 0.730. The van der Waals surface area contributed by atoms with Crippen LogP contribution >= 0.6 is 0 Å². The van der Waals surface area contributed by atoms with Crippen LogP contribution in [0.5, 0.6) is 5.88 Å². The Morgan fingerprint density at radius 3 is 2.72 bits per heavy atom. The zero-order valence-electron chi connectivity index (χ0n) is 10.8. The maximum atomic E-state index is 10.8. The standard InChI is InChI=1S/C11H18N4O3/c1-14(2)6-7-15(8-10(16)17)11-12-5-4-9(13-11)18-3/h4-5H,6-8H2,1-3H3,(H,16,17). The molecule has 0 bridgehead atoms. The van der Waals surface area contributed by atoms with Crippen LogP contribution in [0, 0.1) is 0 Å². The van der Waals surface area contributed by atoms with Gasteiger partial charge in [-0.3, -0.25) is 4.79 Å². The lowest BCUT2D eigenvalue weighted by Gasteiger charge is -2.22. The highest BCUT2D eigenvalue weighted by Gasteiger charge is 2.14. The molecule has 0 atom stereocenters. The van der Waals surface area contributed by atoms with Crippen molar-refractivity contribution in [3.8, 4) is 5.88 Å². The minimum absolute atomic E-state index is 0.138. The molecule has 0 radical (unpaired) electrons. The van der Waals surface area contributed by atoms with Crippen LogP contribution in [0.3, 0.4) is 0 Å². The molecule has 0 aliphatic heterocycles. The lowest BCUT2D eigenvalue weighted by atomic mass is 10.4. The van der Waals surface area contributed by atoms with E-state index in [9.17, 15) is 4.79 Å². The predicted molar refractivity (Wildman–Crippen MR) is 67.0 cm³/mol. The summed E-state index contributed by atoms with van der Waals surface area (Å²) in [5.41, 5.74) is 0. The molecule has 0 aliphatic carbocycles. The Labute approximate surface area is 106 Å². The predicted octanol–water partition coefficient (Wildman–Crippen LogP) is -0.0622. The monoisotopic (exact) mass is 254 g/mol. The van der Waals surface area contributed by atoms with Crippen molar-refractivity contribution in [2.45, 2.75) is 0 Å². The Hall–Kier alpha value is -1.89. The van der Waals surface area contributed by atoms with Crippen LogP contribution < -0.4 is 9.64 Å². The maximum Gasteiger partial charge on any atom is 0.323 e. The number of methoxy groups -OCH3 is 1. The van der Waals surface area contributed by atoms with Gasteiger partial charge in [0.05, 0.1) is 7.11 Å². The molecule has 0 unspecified atom stereocenters. The van der Waals surface area contributed by atoms with E-state index < -0.39 is 5.97 Å². The first-order valence-electron chi connectivity index (χ1n) is 5.51. The smallest absolute Gasteiger partial charge is 0.323 e. The second-order valence-corrected chi connectivity index (χ2v) is 4.02. The van der Waals surface area contributed by atoms with Gasteiger partial charge in [-0.25, -0.2) is 4.98 Å². The number of hydrogen-bond acceptors (Lipinski definition) is 6. The summed E-state index contributed by atoms with van der Waals surface area (Å²) in [6, 6.07) is 1.62. The van der Waals surface area contributed by atoms with E-state index in [-0.39, 0.29) is 6.54 Å². The molecule has 0 amide bonds. The van der Waals surface area contributed by atoms with Gasteiger partial charge in [-0.15, -0.1) is 0 Å². The summed E-state index contributed by atoms with van der Waals surface area (Å²) in [5, 5.41) is 8.89. The Morgan fingerprint density at radius 2 is 2.17 bits per heavy atom. The first kappa shape index (κ1) is 14.2. The molecule has 0 saturated carbocycles. The van der Waals surface area contributed by atoms with Gasteiger partial charge < -0.3 is 19.6 Å². The fraction of sp³-hybridized carbons (Fsp3) is 0.545. The van der Waals surface area contributed by atoms with Crippen LogP contribution in [0.1, 0.15) is 0 Å². The molecule has 18 heavy (non-hydrogen) atoms. The van der Waals surface area contributed by atoms with Crippen LogP contribution in [-0.2, 0) is 4.79 Å². The molecule has 0 fully saturated rings. The third-order valence-corrected chi connectivity index (χ3v) is 2.25. The van der Waals surface area contributed by atoms with E-state index in [0.29, 0.717) is 24.9 Å². The normalized spacial score (nSPS) is 10.4. The minimum atomic E-state index is -0.917. The van der Waals surface area contributed by atoms with Crippen molar-refractivity contribution < 1.29 is 14.6 Å². The molecule has 100 valence electrons. The van der Waals surface area contributed by atoms with Crippen LogP contribution in [0.2, 0.25) is 0 Å². The lowest BCUT2D eigenvalue weighted by molar-refractivity contribution is -0.135. The molecular formula is C11H18N4O3. The maximum absolute atomic E-state index is 10.8. The van der Waals surface area contributed by atoms with Gasteiger partial charge in [-0.05, 0) is 14.1 Å². The van der Waals surface area contributed by atoms with Crippen molar-refractivity contribution >= 4 is 11.9 Å². The van der Waals surface area contributed by atoms with Crippen LogP contribution in [0.25, 0.3) is 0 Å². The minimum Gasteiger partial charge on any atom is -0.481 e. The van der Waals surface area contributed by atoms with Crippen molar-refractivity contribution in [2.24, 2.45) is 0 Å². The number of carboxylic acid groups (broad SMARTS) is 1. The van der Waals surface area contributed by atoms with E-state index in [1.54, 1.807) is 17.2 Å². The van der Waals surface area contributed by atoms with E-state index in [1.165, 1.54) is 7.11 Å². The van der Waals surface area contributed by atoms with Crippen LogP contribution in [0.15, 0.2) is 12.3 Å². The van der Waals surface area contributed by atoms with Crippen molar-refractivity contribution in [3.05, 3.63) is 12.3 Å². The number of anilines is 1. The highest BCUT2D eigenvalue weighted by atomic mass is 16.5. The number of ether oxygens (including phenoxy) is 1. The molecule has 7 heteroatoms. The Bertz CT molecular complexity index is 398. The number of rotatable bonds is 7. The van der Waals surface area contributed by atoms with Gasteiger partial charge in [0.25, 0.3) is 0 Å². The summed E-state index contributed by atoms with van der Waals surface area (Å²) in [6.45, 7) is 1.11. The number of likely N-dealkylation sites (N-methyl/N-ethyl adjacent to an activating group) is 1. The van der Waals surface area contributed by atoms with Crippen molar-refractivity contribution in [2.75, 3.05) is 45.7 Å². The molecule has 1 aromatic rings. The van der Waals surface area contributed by atoms with Gasteiger partial charge in [0, 0.05) is 25.4 Å². The summed E-state index contributed by atoms with van der Waals surface area (Å²) in [5.74, 6) is -0.140. The third kappa shape index (κ3) is 4.54. The van der Waals surface area contributed by atoms with E-state index >= 15 is 0 Å². The fourth-order valence-electron chi connectivity index (χ4n) is 1.33. The van der Waals surface area contributed by atoms with Gasteiger partial charge in [0.15, 0.2) is 0 Å². The molecule has 1 N–H and O–H groups in total. The number of carbonyl (C=O) groups is 1. The number of carboxylic acids is 1. The fourth-order valence-corrected chi connectivity index (χ4v) is 1.33. The molecule has 1 aromatic heterocycles. The summed E-state index contributed by atoms with van der Waals surface area (Å²) in [7, 11) is 5.35. The molecule has 0 saturated heterocycles. The van der Waals surface area contributed by atoms with E-state index in [0.717, 1.165) is 0 Å². The number of aromatic nitrogens is 2. The third-order valence-electron chi connectivity index (χ3n) is 2.25. The highest BCUT2D eigenvalue weighted by Crippen LogP contribution is 2.11. The average Bonchev–Trinajstić information content (AvgIpc) is 2.34. The largest absolute Gasteiger partial charge is 0.481 e. The molecule has 1 heterocycles. The van der Waals surface area contributed by atoms with Crippen LogP contribution in [-0.4, -0.2) is 66.8 Å². The lowest BCUT2D eigenvalue weighted by Crippen LogP contribution is -2.36. The van der Waals surface area contributed by atoms with Gasteiger partial charge in [-0.2, -0.15) is 4.98 Å². The molecule has 7 nitrogen and oxygen atoms in total. The van der Waals surface area contributed by atoms with E-state index in [1.807, 2.05) is 19.0 Å². The highest BCUT2D eigenvalue weighted by molar-refractivity contribution is 5.72. The Balaban J connectivity index is 2.82. The van der Waals surface area contributed by atoms with Gasteiger partial charge in [-0.1, -0.05) is 0 Å². The summed E-state index contributed by atoms with van der Waals surface area (Å²) in [6.07, 6.45) is 1.55.